The summed E-state index contributed by atoms with van der Waals surface area (Å²) in [5, 5.41) is 5.22. The number of ether oxygens (including phenoxy) is 3. The van der Waals surface area contributed by atoms with E-state index in [2.05, 4.69) is 10.6 Å². The number of carbonyl (C=O) groups is 4. The minimum atomic E-state index is -1.14. The molecule has 9 heteroatoms. The van der Waals surface area contributed by atoms with Crippen LogP contribution in [0.15, 0.2) is 60.7 Å². The Balaban J connectivity index is 2.05. The Kier molecular flexibility index (Phi) is 12.5. The van der Waals surface area contributed by atoms with Crippen molar-refractivity contribution in [1.29, 1.82) is 0 Å². The van der Waals surface area contributed by atoms with Crippen LogP contribution in [0.2, 0.25) is 0 Å². The molecule has 2 aromatic rings. The summed E-state index contributed by atoms with van der Waals surface area (Å²) in [5.74, 6) is -1.66. The van der Waals surface area contributed by atoms with Gasteiger partial charge in [-0.1, -0.05) is 74.5 Å². The van der Waals surface area contributed by atoms with E-state index >= 15 is 0 Å². The highest BCUT2D eigenvalue weighted by Crippen LogP contribution is 2.12. The number of rotatable bonds is 13. The van der Waals surface area contributed by atoms with Crippen LogP contribution in [-0.4, -0.2) is 41.6 Å². The Labute approximate surface area is 230 Å². The lowest BCUT2D eigenvalue weighted by molar-refractivity contribution is -0.150. The van der Waals surface area contributed by atoms with Crippen LogP contribution in [0.25, 0.3) is 0 Å². The minimum absolute atomic E-state index is 0.0494. The lowest BCUT2D eigenvalue weighted by Crippen LogP contribution is -2.53. The molecule has 2 atom stereocenters. The first-order valence-corrected chi connectivity index (χ1v) is 13.1. The number of amides is 2. The molecule has 0 spiro atoms. The quantitative estimate of drug-likeness (QED) is 0.280. The van der Waals surface area contributed by atoms with Gasteiger partial charge in [-0.3, -0.25) is 9.59 Å². The molecule has 0 radical (unpaired) electrons. The zero-order chi connectivity index (χ0) is 28.8. The first-order chi connectivity index (χ1) is 18.4. The number of hydrogen-bond donors (Lipinski definition) is 2. The molecule has 2 N–H and O–H groups in total. The third-order valence-corrected chi connectivity index (χ3v) is 5.42. The maximum atomic E-state index is 13.3. The first kappa shape index (κ1) is 31.3. The Morgan fingerprint density at radius 2 is 1.31 bits per heavy atom. The molecule has 2 unspecified atom stereocenters. The van der Waals surface area contributed by atoms with E-state index in [1.165, 1.54) is 0 Å². The predicted octanol–water partition coefficient (Wildman–Crippen LogP) is 4.68. The minimum Gasteiger partial charge on any atom is -0.461 e. The van der Waals surface area contributed by atoms with Crippen molar-refractivity contribution in [3.8, 4) is 0 Å². The Hall–Kier alpha value is -3.88. The maximum absolute atomic E-state index is 13.3. The zero-order valence-electron chi connectivity index (χ0n) is 23.4. The zero-order valence-corrected chi connectivity index (χ0v) is 23.4. The van der Waals surface area contributed by atoms with Gasteiger partial charge in [0, 0.05) is 6.42 Å². The van der Waals surface area contributed by atoms with E-state index in [-0.39, 0.29) is 32.0 Å². The molecule has 2 rings (SSSR count). The molecular weight excluding hydrogens is 500 g/mol. The molecule has 0 aliphatic heterocycles. The highest BCUT2D eigenvalue weighted by molar-refractivity contribution is 5.90. The molecule has 2 aromatic carbocycles. The summed E-state index contributed by atoms with van der Waals surface area (Å²) in [7, 11) is 0. The van der Waals surface area contributed by atoms with Crippen molar-refractivity contribution in [2.75, 3.05) is 0 Å². The predicted molar refractivity (Wildman–Crippen MR) is 146 cm³/mol. The van der Waals surface area contributed by atoms with Gasteiger partial charge in [-0.25, -0.2) is 9.59 Å². The van der Waals surface area contributed by atoms with E-state index in [0.717, 1.165) is 11.1 Å². The van der Waals surface area contributed by atoms with Gasteiger partial charge in [-0.05, 0) is 50.7 Å². The van der Waals surface area contributed by atoms with E-state index < -0.39 is 41.6 Å². The summed E-state index contributed by atoms with van der Waals surface area (Å²) in [6.07, 6.45) is -0.662. The summed E-state index contributed by atoms with van der Waals surface area (Å²) in [4.78, 5) is 51.0. The molecule has 9 nitrogen and oxygen atoms in total. The van der Waals surface area contributed by atoms with Crippen molar-refractivity contribution < 1.29 is 33.4 Å². The molecule has 0 aromatic heterocycles. The SMILES string of the molecule is CC(C)CC(NC(=O)C(CCC(=O)OCc1ccccc1)NC(=O)OC(C)(C)C)C(=O)OCc1ccccc1. The van der Waals surface area contributed by atoms with Crippen molar-refractivity contribution in [3.05, 3.63) is 71.8 Å². The molecule has 0 saturated carbocycles. The topological polar surface area (TPSA) is 120 Å². The second kappa shape index (κ2) is 15.5. The molecule has 39 heavy (non-hydrogen) atoms. The van der Waals surface area contributed by atoms with Crippen molar-refractivity contribution in [2.24, 2.45) is 5.92 Å². The first-order valence-electron chi connectivity index (χ1n) is 13.1. The van der Waals surface area contributed by atoms with E-state index in [1.807, 2.05) is 74.5 Å². The Morgan fingerprint density at radius 1 is 0.769 bits per heavy atom. The van der Waals surface area contributed by atoms with Gasteiger partial charge >= 0.3 is 18.0 Å². The molecule has 0 bridgehead atoms. The van der Waals surface area contributed by atoms with E-state index in [9.17, 15) is 19.2 Å². The summed E-state index contributed by atoms with van der Waals surface area (Å²) in [6.45, 7) is 9.10. The average molecular weight is 541 g/mol. The van der Waals surface area contributed by atoms with Crippen LogP contribution >= 0.6 is 0 Å². The molecule has 0 aliphatic rings. The van der Waals surface area contributed by atoms with E-state index in [1.54, 1.807) is 20.8 Å². The Bertz CT molecular complexity index is 1070. The van der Waals surface area contributed by atoms with Crippen LogP contribution in [0.3, 0.4) is 0 Å². The molecular formula is C30H40N2O7. The monoisotopic (exact) mass is 540 g/mol. The van der Waals surface area contributed by atoms with E-state index in [4.69, 9.17) is 14.2 Å². The average Bonchev–Trinajstić information content (AvgIpc) is 2.87. The summed E-state index contributed by atoms with van der Waals surface area (Å²) < 4.78 is 16.0. The lowest BCUT2D eigenvalue weighted by Gasteiger charge is -2.25. The third kappa shape index (κ3) is 13.0. The fraction of sp³-hybridized carbons (Fsp3) is 0.467. The van der Waals surface area contributed by atoms with Crippen molar-refractivity contribution in [1.82, 2.24) is 10.6 Å². The number of alkyl carbamates (subject to hydrolysis) is 1. The molecule has 0 heterocycles. The van der Waals surface area contributed by atoms with Gasteiger partial charge in [-0.15, -0.1) is 0 Å². The van der Waals surface area contributed by atoms with Crippen molar-refractivity contribution >= 4 is 23.9 Å². The number of hydrogen-bond acceptors (Lipinski definition) is 7. The molecule has 0 saturated heterocycles. The third-order valence-electron chi connectivity index (χ3n) is 5.42. The second-order valence-electron chi connectivity index (χ2n) is 10.7. The van der Waals surface area contributed by atoms with Gasteiger partial charge in [0.25, 0.3) is 0 Å². The van der Waals surface area contributed by atoms with Gasteiger partial charge < -0.3 is 24.8 Å². The van der Waals surface area contributed by atoms with Crippen molar-refractivity contribution in [2.45, 2.75) is 84.8 Å². The van der Waals surface area contributed by atoms with Gasteiger partial charge in [0.05, 0.1) is 0 Å². The Morgan fingerprint density at radius 3 is 1.82 bits per heavy atom. The summed E-state index contributed by atoms with van der Waals surface area (Å²) in [6, 6.07) is 16.3. The van der Waals surface area contributed by atoms with Crippen LogP contribution in [0.4, 0.5) is 4.79 Å². The van der Waals surface area contributed by atoms with Crippen LogP contribution in [0, 0.1) is 5.92 Å². The highest BCUT2D eigenvalue weighted by Gasteiger charge is 2.30. The maximum Gasteiger partial charge on any atom is 0.408 e. The fourth-order valence-electron chi connectivity index (χ4n) is 3.58. The molecule has 212 valence electrons. The largest absolute Gasteiger partial charge is 0.461 e. The summed E-state index contributed by atoms with van der Waals surface area (Å²) >= 11 is 0. The summed E-state index contributed by atoms with van der Waals surface area (Å²) in [5.41, 5.74) is 0.859. The second-order valence-corrected chi connectivity index (χ2v) is 10.7. The number of benzene rings is 2. The number of nitrogens with one attached hydrogen (secondary N) is 2. The van der Waals surface area contributed by atoms with Crippen LogP contribution < -0.4 is 10.6 Å². The van der Waals surface area contributed by atoms with Crippen molar-refractivity contribution in [3.63, 3.8) is 0 Å². The molecule has 0 aliphatic carbocycles. The normalized spacial score (nSPS) is 12.7. The van der Waals surface area contributed by atoms with Crippen LogP contribution in [0.5, 0.6) is 0 Å². The standard InChI is InChI=1S/C30H40N2O7/c1-21(2)18-25(28(35)38-20-23-14-10-7-11-15-23)31-27(34)24(32-29(36)39-30(3,4)5)16-17-26(33)37-19-22-12-8-6-9-13-22/h6-15,21,24-25H,16-20H2,1-5H3,(H,31,34)(H,32,36). The van der Waals surface area contributed by atoms with Gasteiger partial charge in [0.2, 0.25) is 5.91 Å². The smallest absolute Gasteiger partial charge is 0.408 e. The fourth-order valence-corrected chi connectivity index (χ4v) is 3.58. The van der Waals surface area contributed by atoms with Gasteiger partial charge in [0.1, 0.15) is 30.9 Å². The number of carbonyl (C=O) groups excluding carboxylic acids is 4. The highest BCUT2D eigenvalue weighted by atomic mass is 16.6. The number of esters is 2. The van der Waals surface area contributed by atoms with Gasteiger partial charge in [-0.2, -0.15) is 0 Å². The van der Waals surface area contributed by atoms with E-state index in [0.29, 0.717) is 6.42 Å². The lowest BCUT2D eigenvalue weighted by atomic mass is 10.0. The molecule has 2 amide bonds. The van der Waals surface area contributed by atoms with Crippen LogP contribution in [0.1, 0.15) is 65.0 Å². The van der Waals surface area contributed by atoms with Gasteiger partial charge in [0.15, 0.2) is 0 Å². The molecule has 0 fully saturated rings. The van der Waals surface area contributed by atoms with Crippen LogP contribution in [-0.2, 0) is 41.8 Å².